The van der Waals surface area contributed by atoms with E-state index in [2.05, 4.69) is 11.8 Å². The van der Waals surface area contributed by atoms with Gasteiger partial charge in [-0.25, -0.2) is 0 Å². The van der Waals surface area contributed by atoms with Crippen LogP contribution in [0, 0.1) is 29.6 Å². The molecular formula is C15H21NO3. The molecule has 0 aromatic heterocycles. The molecule has 1 aliphatic carbocycles. The number of ether oxygens (including phenoxy) is 1. The van der Waals surface area contributed by atoms with E-state index in [1.54, 1.807) is 0 Å². The Bertz CT molecular complexity index is 449. The highest BCUT2D eigenvalue weighted by Crippen LogP contribution is 2.56. The molecule has 8 unspecified atom stereocenters. The molecule has 0 spiro atoms. The minimum atomic E-state index is -0.479. The van der Waals surface area contributed by atoms with Crippen molar-refractivity contribution < 1.29 is 14.3 Å². The molecule has 8 atom stereocenters. The zero-order valence-corrected chi connectivity index (χ0v) is 11.5. The summed E-state index contributed by atoms with van der Waals surface area (Å²) in [6.45, 7) is 3.23. The first-order valence-electron chi connectivity index (χ1n) is 7.49. The SMILES string of the molecule is COC(=O)C1C(=O)C2C3CC(C)CC4C3CC1CN42. The molecule has 0 aromatic carbocycles. The predicted molar refractivity (Wildman–Crippen MR) is 68.3 cm³/mol. The normalized spacial score (nSPS) is 54.3. The van der Waals surface area contributed by atoms with Crippen LogP contribution < -0.4 is 0 Å². The van der Waals surface area contributed by atoms with Crippen LogP contribution in [0.3, 0.4) is 0 Å². The summed E-state index contributed by atoms with van der Waals surface area (Å²) in [7, 11) is 1.40. The molecule has 3 aliphatic heterocycles. The maximum Gasteiger partial charge on any atom is 0.316 e. The van der Waals surface area contributed by atoms with Crippen LogP contribution in [0.5, 0.6) is 0 Å². The Morgan fingerprint density at radius 2 is 2.05 bits per heavy atom. The van der Waals surface area contributed by atoms with E-state index in [4.69, 9.17) is 4.74 Å². The van der Waals surface area contributed by atoms with Gasteiger partial charge < -0.3 is 4.74 Å². The predicted octanol–water partition coefficient (Wildman–Crippen LogP) is 1.09. The van der Waals surface area contributed by atoms with Crippen molar-refractivity contribution in [3.63, 3.8) is 0 Å². The summed E-state index contributed by atoms with van der Waals surface area (Å²) >= 11 is 0. The van der Waals surface area contributed by atoms with Crippen molar-refractivity contribution in [3.8, 4) is 0 Å². The van der Waals surface area contributed by atoms with E-state index in [-0.39, 0.29) is 23.7 Å². The number of methoxy groups -OCH3 is 1. The largest absolute Gasteiger partial charge is 0.468 e. The first-order valence-corrected chi connectivity index (χ1v) is 7.49. The van der Waals surface area contributed by atoms with Crippen molar-refractivity contribution in [2.75, 3.05) is 13.7 Å². The number of fused-ring (bicyclic) bond motifs is 2. The minimum absolute atomic E-state index is 0.0165. The molecule has 3 heterocycles. The number of rotatable bonds is 1. The first-order chi connectivity index (χ1) is 9.11. The smallest absolute Gasteiger partial charge is 0.316 e. The molecule has 4 rings (SSSR count). The van der Waals surface area contributed by atoms with Gasteiger partial charge in [0.2, 0.25) is 0 Å². The highest BCUT2D eigenvalue weighted by atomic mass is 16.5. The summed E-state index contributed by atoms with van der Waals surface area (Å²) in [5, 5.41) is 0. The number of hydrogen-bond donors (Lipinski definition) is 0. The second-order valence-corrected chi connectivity index (χ2v) is 7.01. The molecule has 4 nitrogen and oxygen atoms in total. The summed E-state index contributed by atoms with van der Waals surface area (Å²) in [5.41, 5.74) is 0. The Morgan fingerprint density at radius 1 is 1.26 bits per heavy atom. The number of nitrogens with zero attached hydrogens (tertiary/aromatic N) is 1. The van der Waals surface area contributed by atoms with Crippen LogP contribution in [-0.2, 0) is 14.3 Å². The van der Waals surface area contributed by atoms with Gasteiger partial charge in [-0.15, -0.1) is 0 Å². The van der Waals surface area contributed by atoms with Gasteiger partial charge in [0.15, 0.2) is 5.78 Å². The average molecular weight is 263 g/mol. The van der Waals surface area contributed by atoms with Gasteiger partial charge in [-0.1, -0.05) is 6.92 Å². The van der Waals surface area contributed by atoms with Crippen molar-refractivity contribution in [1.82, 2.24) is 4.90 Å². The second kappa shape index (κ2) is 3.81. The third kappa shape index (κ3) is 1.38. The van der Waals surface area contributed by atoms with Gasteiger partial charge in [0.05, 0.1) is 13.2 Å². The Balaban J connectivity index is 1.73. The summed E-state index contributed by atoms with van der Waals surface area (Å²) in [5.74, 6) is 1.46. The Morgan fingerprint density at radius 3 is 2.79 bits per heavy atom. The Hall–Kier alpha value is -0.900. The van der Waals surface area contributed by atoms with Gasteiger partial charge >= 0.3 is 5.97 Å². The van der Waals surface area contributed by atoms with Gasteiger partial charge in [-0.05, 0) is 42.9 Å². The van der Waals surface area contributed by atoms with Crippen LogP contribution in [0.4, 0.5) is 0 Å². The van der Waals surface area contributed by atoms with E-state index in [1.807, 2.05) is 0 Å². The summed E-state index contributed by atoms with van der Waals surface area (Å²) in [6, 6.07) is 0.625. The highest BCUT2D eigenvalue weighted by Gasteiger charge is 2.64. The Labute approximate surface area is 113 Å². The average Bonchev–Trinajstić information content (AvgIpc) is 2.55. The van der Waals surface area contributed by atoms with E-state index in [1.165, 1.54) is 13.5 Å². The van der Waals surface area contributed by atoms with Crippen molar-refractivity contribution in [2.24, 2.45) is 29.6 Å². The van der Waals surface area contributed by atoms with Crippen LogP contribution in [0.15, 0.2) is 0 Å². The summed E-state index contributed by atoms with van der Waals surface area (Å²) < 4.78 is 4.87. The van der Waals surface area contributed by atoms with Gasteiger partial charge in [-0.2, -0.15) is 0 Å². The van der Waals surface area contributed by atoms with Crippen molar-refractivity contribution in [3.05, 3.63) is 0 Å². The van der Waals surface area contributed by atoms with E-state index >= 15 is 0 Å². The number of esters is 1. The molecule has 3 saturated heterocycles. The topological polar surface area (TPSA) is 46.6 Å². The lowest BCUT2D eigenvalue weighted by Gasteiger charge is -2.45. The molecule has 0 N–H and O–H groups in total. The zero-order valence-electron chi connectivity index (χ0n) is 11.5. The number of carbonyl (C=O) groups is 2. The van der Waals surface area contributed by atoms with Gasteiger partial charge in [-0.3, -0.25) is 14.5 Å². The number of ketones is 1. The fourth-order valence-electron chi connectivity index (χ4n) is 5.55. The molecular weight excluding hydrogens is 242 g/mol. The maximum absolute atomic E-state index is 12.8. The lowest BCUT2D eigenvalue weighted by atomic mass is 9.70. The van der Waals surface area contributed by atoms with Gasteiger partial charge in [0, 0.05) is 12.6 Å². The molecule has 4 heteroatoms. The lowest BCUT2D eigenvalue weighted by Crippen LogP contribution is -2.57. The molecule has 1 saturated carbocycles. The van der Waals surface area contributed by atoms with Crippen molar-refractivity contribution >= 4 is 11.8 Å². The Kier molecular flexibility index (Phi) is 2.39. The second-order valence-electron chi connectivity index (χ2n) is 7.01. The molecule has 104 valence electrons. The van der Waals surface area contributed by atoms with Gasteiger partial charge in [0.1, 0.15) is 5.92 Å². The third-order valence-corrected chi connectivity index (χ3v) is 6.10. The monoisotopic (exact) mass is 263 g/mol. The maximum atomic E-state index is 12.8. The van der Waals surface area contributed by atoms with Crippen LogP contribution in [0.25, 0.3) is 0 Å². The fraction of sp³-hybridized carbons (Fsp3) is 0.867. The molecule has 5 bridgehead atoms. The van der Waals surface area contributed by atoms with E-state index in [9.17, 15) is 9.59 Å². The molecule has 0 aromatic rings. The van der Waals surface area contributed by atoms with Crippen molar-refractivity contribution in [2.45, 2.75) is 38.3 Å². The van der Waals surface area contributed by atoms with Crippen LogP contribution in [0.2, 0.25) is 0 Å². The van der Waals surface area contributed by atoms with E-state index < -0.39 is 5.92 Å². The molecule has 19 heavy (non-hydrogen) atoms. The highest BCUT2D eigenvalue weighted by molar-refractivity contribution is 6.03. The third-order valence-electron chi connectivity index (χ3n) is 6.10. The van der Waals surface area contributed by atoms with Crippen molar-refractivity contribution in [1.29, 1.82) is 0 Å². The molecule has 4 aliphatic rings. The summed E-state index contributed by atoms with van der Waals surface area (Å²) in [4.78, 5) is 27.1. The number of Topliss-reactive ketones (excluding diaryl/α,β-unsaturated/α-hetero) is 1. The molecule has 4 fully saturated rings. The first kappa shape index (κ1) is 11.9. The number of carbonyl (C=O) groups excluding carboxylic acids is 2. The molecule has 0 radical (unpaired) electrons. The quantitative estimate of drug-likeness (QED) is 0.525. The zero-order chi connectivity index (χ0) is 13.3. The number of piperidine rings is 2. The summed E-state index contributed by atoms with van der Waals surface area (Å²) in [6.07, 6.45) is 3.45. The minimum Gasteiger partial charge on any atom is -0.468 e. The van der Waals surface area contributed by atoms with Crippen LogP contribution in [0.1, 0.15) is 26.2 Å². The van der Waals surface area contributed by atoms with Crippen LogP contribution >= 0.6 is 0 Å². The van der Waals surface area contributed by atoms with Gasteiger partial charge in [0.25, 0.3) is 0 Å². The standard InChI is InChI=1S/C15H21NO3/c1-7-3-10-9-5-8-6-16(11(9)4-7)13(10)14(17)12(8)15(18)19-2/h7-13H,3-6H2,1-2H3. The fourth-order valence-corrected chi connectivity index (χ4v) is 5.55. The lowest BCUT2D eigenvalue weighted by molar-refractivity contribution is -0.158. The molecule has 0 amide bonds. The van der Waals surface area contributed by atoms with E-state index in [0.29, 0.717) is 17.9 Å². The van der Waals surface area contributed by atoms with Crippen LogP contribution in [-0.4, -0.2) is 42.4 Å². The van der Waals surface area contributed by atoms with E-state index in [0.717, 1.165) is 25.3 Å². The number of hydrogen-bond acceptors (Lipinski definition) is 4.